The molecule has 2 heterocycles. The Morgan fingerprint density at radius 2 is 1.97 bits per heavy atom. The van der Waals surface area contributed by atoms with Gasteiger partial charge in [0, 0.05) is 24.7 Å². The molecular weight excluding hydrogens is 434 g/mol. The number of hydrogen-bond donors (Lipinski definition) is 1. The molecule has 4 nitrogen and oxygen atoms in total. The molecule has 3 aromatic rings. The first-order chi connectivity index (χ1) is 16.6. The van der Waals surface area contributed by atoms with E-state index in [1.807, 2.05) is 24.4 Å². The van der Waals surface area contributed by atoms with Crippen molar-refractivity contribution in [2.24, 2.45) is 11.8 Å². The zero-order chi connectivity index (χ0) is 23.9. The van der Waals surface area contributed by atoms with E-state index >= 15 is 0 Å². The van der Waals surface area contributed by atoms with E-state index in [-0.39, 0.29) is 18.1 Å². The molecule has 0 spiro atoms. The van der Waals surface area contributed by atoms with E-state index < -0.39 is 11.6 Å². The highest BCUT2D eigenvalue weighted by Gasteiger charge is 2.28. The van der Waals surface area contributed by atoms with Crippen molar-refractivity contribution < 1.29 is 18.6 Å². The van der Waals surface area contributed by atoms with Crippen molar-refractivity contribution in [2.45, 2.75) is 25.7 Å². The third kappa shape index (κ3) is 5.72. The van der Waals surface area contributed by atoms with Crippen LogP contribution in [0.4, 0.5) is 8.78 Å². The lowest BCUT2D eigenvalue weighted by Gasteiger charge is -2.37. The van der Waals surface area contributed by atoms with Gasteiger partial charge in [0.05, 0.1) is 24.7 Å². The van der Waals surface area contributed by atoms with Gasteiger partial charge < -0.3 is 9.84 Å². The average Bonchev–Trinajstić information content (AvgIpc) is 2.86. The van der Waals surface area contributed by atoms with Crippen LogP contribution in [0.25, 0.3) is 10.9 Å². The highest BCUT2D eigenvalue weighted by atomic mass is 19.1. The lowest BCUT2D eigenvalue weighted by atomic mass is 9.82. The molecule has 0 aliphatic carbocycles. The topological polar surface area (TPSA) is 45.6 Å². The number of methoxy groups -OCH3 is 1. The van der Waals surface area contributed by atoms with Crippen LogP contribution < -0.4 is 4.74 Å². The van der Waals surface area contributed by atoms with E-state index in [0.717, 1.165) is 55.4 Å². The Labute approximate surface area is 199 Å². The Hall–Kier alpha value is -3.01. The summed E-state index contributed by atoms with van der Waals surface area (Å²) in [5.74, 6) is 5.70. The van der Waals surface area contributed by atoms with Crippen LogP contribution in [0.3, 0.4) is 0 Å². The number of nitrogens with zero attached hydrogens (tertiary/aromatic N) is 2. The molecule has 1 aliphatic rings. The summed E-state index contributed by atoms with van der Waals surface area (Å²) in [7, 11) is 1.67. The molecule has 1 aromatic heterocycles. The maximum Gasteiger partial charge on any atom is 0.141 e. The summed E-state index contributed by atoms with van der Waals surface area (Å²) in [4.78, 5) is 6.61. The van der Waals surface area contributed by atoms with Crippen LogP contribution in [0, 0.1) is 35.3 Å². The van der Waals surface area contributed by atoms with Gasteiger partial charge in [0.25, 0.3) is 0 Å². The van der Waals surface area contributed by atoms with Crippen molar-refractivity contribution in [2.75, 3.05) is 33.4 Å². The molecule has 0 amide bonds. The smallest absolute Gasteiger partial charge is 0.141 e. The number of aryl methyl sites for hydroxylation is 1. The number of rotatable bonds is 7. The summed E-state index contributed by atoms with van der Waals surface area (Å²) < 4.78 is 32.9. The van der Waals surface area contributed by atoms with Gasteiger partial charge in [0.15, 0.2) is 0 Å². The number of halogens is 2. The summed E-state index contributed by atoms with van der Waals surface area (Å²) in [6.07, 6.45) is 5.85. The molecule has 0 saturated carbocycles. The maximum absolute atomic E-state index is 13.8. The first-order valence-corrected chi connectivity index (χ1v) is 11.8. The Morgan fingerprint density at radius 3 is 2.74 bits per heavy atom. The third-order valence-corrected chi connectivity index (χ3v) is 6.75. The second-order valence-electron chi connectivity index (χ2n) is 8.87. The van der Waals surface area contributed by atoms with Crippen LogP contribution in [0.5, 0.6) is 5.75 Å². The standard InChI is InChI=1S/C28H30F2N2O2/c1-34-23-10-11-28-25(17-23)21(12-14-31-28)6-2-5-20-13-16-32(18-22(20)19-33)15-4-7-24-26(29)8-3-9-27(24)30/h3,8-12,14,17,20,22,33H,2,5-6,13,15-16,18-19H2,1H3/t20-,22-/m1/s1. The van der Waals surface area contributed by atoms with Crippen LogP contribution >= 0.6 is 0 Å². The highest BCUT2D eigenvalue weighted by molar-refractivity contribution is 5.83. The summed E-state index contributed by atoms with van der Waals surface area (Å²) >= 11 is 0. The van der Waals surface area contributed by atoms with Crippen LogP contribution in [-0.4, -0.2) is 48.3 Å². The van der Waals surface area contributed by atoms with E-state index in [0.29, 0.717) is 12.5 Å². The first-order valence-electron chi connectivity index (χ1n) is 11.8. The Bertz CT molecular complexity index is 1170. The fraction of sp³-hybridized carbons (Fsp3) is 0.393. The molecule has 1 N–H and O–H groups in total. The van der Waals surface area contributed by atoms with Gasteiger partial charge in [-0.3, -0.25) is 9.88 Å². The maximum atomic E-state index is 13.8. The van der Waals surface area contributed by atoms with Crippen molar-refractivity contribution in [1.29, 1.82) is 0 Å². The number of piperidine rings is 1. The Balaban J connectivity index is 1.31. The Morgan fingerprint density at radius 1 is 1.15 bits per heavy atom. The molecule has 178 valence electrons. The van der Waals surface area contributed by atoms with Crippen molar-refractivity contribution in [3.05, 3.63) is 71.4 Å². The average molecular weight is 465 g/mol. The zero-order valence-electron chi connectivity index (χ0n) is 19.4. The molecule has 4 rings (SSSR count). The predicted molar refractivity (Wildman–Crippen MR) is 130 cm³/mol. The normalized spacial score (nSPS) is 18.5. The van der Waals surface area contributed by atoms with Gasteiger partial charge in [0.1, 0.15) is 17.4 Å². The summed E-state index contributed by atoms with van der Waals surface area (Å²) in [5, 5.41) is 11.1. The fourth-order valence-corrected chi connectivity index (χ4v) is 4.83. The summed E-state index contributed by atoms with van der Waals surface area (Å²) in [6.45, 7) is 2.17. The van der Waals surface area contributed by atoms with E-state index in [2.05, 4.69) is 27.8 Å². The predicted octanol–water partition coefficient (Wildman–Crippen LogP) is 4.83. The van der Waals surface area contributed by atoms with Gasteiger partial charge in [-0.25, -0.2) is 8.78 Å². The number of ether oxygens (including phenoxy) is 1. The van der Waals surface area contributed by atoms with Crippen molar-refractivity contribution in [3.8, 4) is 17.6 Å². The molecule has 1 aliphatic heterocycles. The number of aliphatic hydroxyl groups excluding tert-OH is 1. The number of hydrogen-bond acceptors (Lipinski definition) is 4. The molecular formula is C28H30F2N2O2. The van der Waals surface area contributed by atoms with Gasteiger partial charge in [0.2, 0.25) is 0 Å². The molecule has 1 fully saturated rings. The molecule has 0 unspecified atom stereocenters. The third-order valence-electron chi connectivity index (χ3n) is 6.75. The highest BCUT2D eigenvalue weighted by Crippen LogP contribution is 2.29. The van der Waals surface area contributed by atoms with E-state index in [9.17, 15) is 13.9 Å². The minimum atomic E-state index is -0.639. The second-order valence-corrected chi connectivity index (χ2v) is 8.87. The molecule has 1 saturated heterocycles. The monoisotopic (exact) mass is 464 g/mol. The summed E-state index contributed by atoms with van der Waals surface area (Å²) in [5.41, 5.74) is 2.05. The number of likely N-dealkylation sites (tertiary alicyclic amines) is 1. The first kappa shape index (κ1) is 24.1. The number of aliphatic hydroxyl groups is 1. The van der Waals surface area contributed by atoms with Crippen LogP contribution in [0.15, 0.2) is 48.7 Å². The number of pyridine rings is 1. The Kier molecular flexibility index (Phi) is 8.10. The lowest BCUT2D eigenvalue weighted by molar-refractivity contribution is 0.0748. The van der Waals surface area contributed by atoms with E-state index in [1.54, 1.807) is 7.11 Å². The minimum Gasteiger partial charge on any atom is -0.497 e. The van der Waals surface area contributed by atoms with Crippen LogP contribution in [-0.2, 0) is 6.42 Å². The molecule has 6 heteroatoms. The van der Waals surface area contributed by atoms with Crippen molar-refractivity contribution >= 4 is 10.9 Å². The number of fused-ring (bicyclic) bond motifs is 1. The van der Waals surface area contributed by atoms with Crippen molar-refractivity contribution in [1.82, 2.24) is 9.88 Å². The van der Waals surface area contributed by atoms with Gasteiger partial charge in [-0.15, -0.1) is 0 Å². The van der Waals surface area contributed by atoms with Gasteiger partial charge >= 0.3 is 0 Å². The molecule has 34 heavy (non-hydrogen) atoms. The lowest BCUT2D eigenvalue weighted by Crippen LogP contribution is -2.42. The molecule has 0 bridgehead atoms. The fourth-order valence-electron chi connectivity index (χ4n) is 4.83. The molecule has 2 aromatic carbocycles. The quantitative estimate of drug-likeness (QED) is 0.509. The van der Waals surface area contributed by atoms with Gasteiger partial charge in [-0.2, -0.15) is 0 Å². The second kappa shape index (κ2) is 11.4. The zero-order valence-corrected chi connectivity index (χ0v) is 19.4. The van der Waals surface area contributed by atoms with Gasteiger partial charge in [-0.05, 0) is 86.0 Å². The van der Waals surface area contributed by atoms with E-state index in [1.165, 1.54) is 23.8 Å². The SMILES string of the molecule is COc1ccc2nccc(CCC[C@@H]3CCN(CC#Cc4c(F)cccc4F)C[C@@H]3CO)c2c1. The van der Waals surface area contributed by atoms with Crippen LogP contribution in [0.2, 0.25) is 0 Å². The number of aromatic nitrogens is 1. The summed E-state index contributed by atoms with van der Waals surface area (Å²) in [6, 6.07) is 11.8. The largest absolute Gasteiger partial charge is 0.497 e. The molecule has 0 radical (unpaired) electrons. The van der Waals surface area contributed by atoms with Crippen LogP contribution in [0.1, 0.15) is 30.4 Å². The number of benzene rings is 2. The van der Waals surface area contributed by atoms with E-state index in [4.69, 9.17) is 4.74 Å². The van der Waals surface area contributed by atoms with Crippen molar-refractivity contribution in [3.63, 3.8) is 0 Å². The molecule has 2 atom stereocenters. The minimum absolute atomic E-state index is 0.131. The van der Waals surface area contributed by atoms with Gasteiger partial charge in [-0.1, -0.05) is 17.9 Å².